The molecule has 0 aliphatic heterocycles. The van der Waals surface area contributed by atoms with Gasteiger partial charge in [-0.15, -0.1) is 6.58 Å². The van der Waals surface area contributed by atoms with Crippen LogP contribution in [-0.4, -0.2) is 13.1 Å². The van der Waals surface area contributed by atoms with Crippen LogP contribution in [0.3, 0.4) is 0 Å². The molecule has 0 N–H and O–H groups in total. The predicted molar refractivity (Wildman–Crippen MR) is 84.7 cm³/mol. The summed E-state index contributed by atoms with van der Waals surface area (Å²) in [6.45, 7) is 7.75. The molecule has 21 heavy (non-hydrogen) atoms. The van der Waals surface area contributed by atoms with Gasteiger partial charge in [0.25, 0.3) is 0 Å². The number of hydrogen-bond acceptors (Lipinski definition) is 4. The first-order chi connectivity index (χ1) is 9.80. The molecular formula is C16H15BrO4. The van der Waals surface area contributed by atoms with Crippen LogP contribution in [0.5, 0.6) is 0 Å². The number of esters is 1. The summed E-state index contributed by atoms with van der Waals surface area (Å²) in [4.78, 5) is 23.6. The van der Waals surface area contributed by atoms with Crippen molar-refractivity contribution in [2.75, 3.05) is 7.11 Å². The van der Waals surface area contributed by atoms with E-state index in [0.29, 0.717) is 11.0 Å². The van der Waals surface area contributed by atoms with Crippen LogP contribution in [-0.2, 0) is 10.2 Å². The van der Waals surface area contributed by atoms with Gasteiger partial charge in [-0.05, 0) is 18.2 Å². The Bertz CT molecular complexity index is 787. The van der Waals surface area contributed by atoms with Crippen LogP contribution in [0.4, 0.5) is 0 Å². The highest BCUT2D eigenvalue weighted by Gasteiger charge is 2.23. The summed E-state index contributed by atoms with van der Waals surface area (Å²) < 4.78 is 10.8. The Morgan fingerprint density at radius 3 is 2.62 bits per heavy atom. The standard InChI is InChI=1S/C16H15BrO4/c1-5-16(2,3)12-8-10(17)6-9-7-11(14(18)20-4)15(19)21-13(9)12/h5-8H,1H2,2-4H3. The average Bonchev–Trinajstić information content (AvgIpc) is 2.45. The molecule has 0 bridgehead atoms. The Labute approximate surface area is 130 Å². The number of halogens is 1. The van der Waals surface area contributed by atoms with Gasteiger partial charge in [-0.25, -0.2) is 9.59 Å². The maximum atomic E-state index is 12.0. The fourth-order valence-corrected chi connectivity index (χ4v) is 2.51. The Kier molecular flexibility index (Phi) is 4.05. The molecule has 0 saturated carbocycles. The van der Waals surface area contributed by atoms with Gasteiger partial charge in [0.15, 0.2) is 0 Å². The first-order valence-corrected chi connectivity index (χ1v) is 7.09. The van der Waals surface area contributed by atoms with Crippen LogP contribution in [0.15, 0.2) is 44.5 Å². The lowest BCUT2D eigenvalue weighted by atomic mass is 9.84. The molecule has 0 saturated heterocycles. The number of ether oxygens (including phenoxy) is 1. The van der Waals surface area contributed by atoms with Gasteiger partial charge in [0.1, 0.15) is 11.1 Å². The fourth-order valence-electron chi connectivity index (χ4n) is 2.04. The zero-order valence-corrected chi connectivity index (χ0v) is 13.6. The molecule has 2 aromatic rings. The van der Waals surface area contributed by atoms with Gasteiger partial charge in [-0.1, -0.05) is 35.9 Å². The second-order valence-electron chi connectivity index (χ2n) is 5.24. The summed E-state index contributed by atoms with van der Waals surface area (Å²) in [5.74, 6) is -0.713. The van der Waals surface area contributed by atoms with Crippen LogP contribution < -0.4 is 5.63 Å². The number of methoxy groups -OCH3 is 1. The molecule has 0 aliphatic carbocycles. The number of rotatable bonds is 3. The normalized spacial score (nSPS) is 11.4. The third-order valence-electron chi connectivity index (χ3n) is 3.41. The van der Waals surface area contributed by atoms with E-state index in [1.54, 1.807) is 12.1 Å². The van der Waals surface area contributed by atoms with Crippen LogP contribution in [0.25, 0.3) is 11.0 Å². The molecule has 4 nitrogen and oxygen atoms in total. The zero-order valence-electron chi connectivity index (χ0n) is 12.0. The van der Waals surface area contributed by atoms with Gasteiger partial charge < -0.3 is 9.15 Å². The van der Waals surface area contributed by atoms with Crippen LogP contribution in [0.1, 0.15) is 29.8 Å². The molecule has 0 atom stereocenters. The number of hydrogen-bond donors (Lipinski definition) is 0. The van der Waals surface area contributed by atoms with Crippen molar-refractivity contribution in [3.63, 3.8) is 0 Å². The predicted octanol–water partition coefficient (Wildman–Crippen LogP) is 3.81. The molecule has 0 aliphatic rings. The molecule has 5 heteroatoms. The van der Waals surface area contributed by atoms with E-state index in [9.17, 15) is 9.59 Å². The summed E-state index contributed by atoms with van der Waals surface area (Å²) >= 11 is 3.43. The smallest absolute Gasteiger partial charge is 0.351 e. The molecule has 0 fully saturated rings. The van der Waals surface area contributed by atoms with E-state index in [1.165, 1.54) is 13.2 Å². The lowest BCUT2D eigenvalue weighted by molar-refractivity contribution is 0.0596. The second kappa shape index (κ2) is 5.48. The minimum absolute atomic E-state index is 0.120. The highest BCUT2D eigenvalue weighted by molar-refractivity contribution is 9.10. The van der Waals surface area contributed by atoms with Gasteiger partial charge in [-0.3, -0.25) is 0 Å². The first kappa shape index (κ1) is 15.5. The number of fused-ring (bicyclic) bond motifs is 1. The Balaban J connectivity index is 2.86. The summed E-state index contributed by atoms with van der Waals surface area (Å²) in [7, 11) is 1.22. The van der Waals surface area contributed by atoms with Crippen LogP contribution >= 0.6 is 15.9 Å². The lowest BCUT2D eigenvalue weighted by Gasteiger charge is -2.21. The third-order valence-corrected chi connectivity index (χ3v) is 3.86. The maximum absolute atomic E-state index is 12.0. The summed E-state index contributed by atoms with van der Waals surface area (Å²) in [5, 5.41) is 0.648. The molecule has 110 valence electrons. The largest absolute Gasteiger partial charge is 0.465 e. The molecule has 1 aromatic carbocycles. The van der Waals surface area contributed by atoms with Crippen molar-refractivity contribution in [3.05, 3.63) is 56.9 Å². The second-order valence-corrected chi connectivity index (χ2v) is 6.15. The van der Waals surface area contributed by atoms with E-state index in [0.717, 1.165) is 10.0 Å². The van der Waals surface area contributed by atoms with E-state index in [2.05, 4.69) is 27.2 Å². The number of allylic oxidation sites excluding steroid dienone is 1. The van der Waals surface area contributed by atoms with Crippen LogP contribution in [0, 0.1) is 0 Å². The van der Waals surface area contributed by atoms with Crippen molar-refractivity contribution in [2.24, 2.45) is 0 Å². The summed E-state index contributed by atoms with van der Waals surface area (Å²) in [5.41, 5.74) is 0.0458. The van der Waals surface area contributed by atoms with Crippen molar-refractivity contribution in [1.82, 2.24) is 0 Å². The Hall–Kier alpha value is -1.88. The molecule has 0 spiro atoms. The van der Waals surface area contributed by atoms with Crippen molar-refractivity contribution in [2.45, 2.75) is 19.3 Å². The minimum Gasteiger partial charge on any atom is -0.465 e. The van der Waals surface area contributed by atoms with Gasteiger partial charge in [0, 0.05) is 20.8 Å². The van der Waals surface area contributed by atoms with E-state index in [4.69, 9.17) is 4.42 Å². The number of carbonyl (C=O) groups excluding carboxylic acids is 1. The summed E-state index contributed by atoms with van der Waals surface area (Å²) in [6, 6.07) is 5.15. The van der Waals surface area contributed by atoms with E-state index >= 15 is 0 Å². The highest BCUT2D eigenvalue weighted by atomic mass is 79.9. The van der Waals surface area contributed by atoms with Crippen molar-refractivity contribution in [3.8, 4) is 0 Å². The Morgan fingerprint density at radius 2 is 2.05 bits per heavy atom. The Morgan fingerprint density at radius 1 is 1.38 bits per heavy atom. The lowest BCUT2D eigenvalue weighted by Crippen LogP contribution is -2.18. The highest BCUT2D eigenvalue weighted by Crippen LogP contribution is 2.33. The van der Waals surface area contributed by atoms with E-state index < -0.39 is 11.6 Å². The molecule has 1 aromatic heterocycles. The molecule has 0 radical (unpaired) electrons. The molecule has 2 rings (SSSR count). The van der Waals surface area contributed by atoms with Crippen molar-refractivity contribution in [1.29, 1.82) is 0 Å². The summed E-state index contributed by atoms with van der Waals surface area (Å²) in [6.07, 6.45) is 1.78. The third kappa shape index (κ3) is 2.78. The quantitative estimate of drug-likeness (QED) is 0.479. The van der Waals surface area contributed by atoms with E-state index in [1.807, 2.05) is 19.9 Å². The van der Waals surface area contributed by atoms with Gasteiger partial charge in [-0.2, -0.15) is 0 Å². The fraction of sp³-hybridized carbons (Fsp3) is 0.250. The van der Waals surface area contributed by atoms with Crippen LogP contribution in [0.2, 0.25) is 0 Å². The van der Waals surface area contributed by atoms with Crippen molar-refractivity contribution < 1.29 is 13.9 Å². The molecule has 1 heterocycles. The first-order valence-electron chi connectivity index (χ1n) is 6.30. The molecule has 0 unspecified atom stereocenters. The van der Waals surface area contributed by atoms with Gasteiger partial charge in [0.05, 0.1) is 7.11 Å². The topological polar surface area (TPSA) is 56.5 Å². The monoisotopic (exact) mass is 350 g/mol. The number of carbonyl (C=O) groups is 1. The number of benzene rings is 1. The zero-order chi connectivity index (χ0) is 15.8. The average molecular weight is 351 g/mol. The van der Waals surface area contributed by atoms with Gasteiger partial charge >= 0.3 is 11.6 Å². The molecular weight excluding hydrogens is 336 g/mol. The minimum atomic E-state index is -0.713. The van der Waals surface area contributed by atoms with Crippen molar-refractivity contribution >= 4 is 32.9 Å². The van der Waals surface area contributed by atoms with E-state index in [-0.39, 0.29) is 11.0 Å². The SMILES string of the molecule is C=CC(C)(C)c1cc(Br)cc2cc(C(=O)OC)c(=O)oc12. The van der Waals surface area contributed by atoms with Gasteiger partial charge in [0.2, 0.25) is 0 Å². The maximum Gasteiger partial charge on any atom is 0.351 e. The molecule has 0 amide bonds.